The van der Waals surface area contributed by atoms with Crippen LogP contribution in [-0.2, 0) is 10.0 Å². The van der Waals surface area contributed by atoms with Gasteiger partial charge >= 0.3 is 0 Å². The maximum Gasteiger partial charge on any atom is 0.244 e. The summed E-state index contributed by atoms with van der Waals surface area (Å²) in [5, 5.41) is 9.24. The highest BCUT2D eigenvalue weighted by atomic mass is 79.9. The lowest BCUT2D eigenvalue weighted by molar-refractivity contribution is 0.199. The Kier molecular flexibility index (Phi) is 5.64. The Morgan fingerprint density at radius 3 is 2.55 bits per heavy atom. The van der Waals surface area contributed by atoms with Gasteiger partial charge in [-0.2, -0.15) is 4.31 Å². The molecule has 4 nitrogen and oxygen atoms in total. The summed E-state index contributed by atoms with van der Waals surface area (Å²) in [5.74, 6) is 0. The van der Waals surface area contributed by atoms with E-state index in [-0.39, 0.29) is 19.2 Å². The van der Waals surface area contributed by atoms with Gasteiger partial charge in [-0.25, -0.2) is 8.42 Å². The first-order chi connectivity index (χ1) is 9.46. The lowest BCUT2D eigenvalue weighted by Gasteiger charge is -2.33. The number of thiophene rings is 1. The molecular weight excluding hydrogens is 362 g/mol. The van der Waals surface area contributed by atoms with Crippen molar-refractivity contribution in [3.05, 3.63) is 14.7 Å². The largest absolute Gasteiger partial charge is 0.395 e. The van der Waals surface area contributed by atoms with Crippen molar-refractivity contribution in [3.8, 4) is 0 Å². The van der Waals surface area contributed by atoms with Crippen LogP contribution < -0.4 is 0 Å². The van der Waals surface area contributed by atoms with Crippen molar-refractivity contribution in [1.29, 1.82) is 0 Å². The summed E-state index contributed by atoms with van der Waals surface area (Å²) in [4.78, 5) is 1.16. The van der Waals surface area contributed by atoms with Gasteiger partial charge in [0.1, 0.15) is 0 Å². The summed E-state index contributed by atoms with van der Waals surface area (Å²) >= 11 is 4.77. The van der Waals surface area contributed by atoms with Crippen molar-refractivity contribution in [2.75, 3.05) is 13.2 Å². The van der Waals surface area contributed by atoms with Crippen LogP contribution >= 0.6 is 27.3 Å². The summed E-state index contributed by atoms with van der Waals surface area (Å²) in [6, 6.07) is 1.70. The highest BCUT2D eigenvalue weighted by Crippen LogP contribution is 2.34. The predicted octanol–water partition coefficient (Wildman–Crippen LogP) is 3.13. The van der Waals surface area contributed by atoms with Crippen LogP contribution in [0.5, 0.6) is 0 Å². The number of rotatable bonds is 5. The van der Waals surface area contributed by atoms with Gasteiger partial charge in [-0.3, -0.25) is 0 Å². The summed E-state index contributed by atoms with van der Waals surface area (Å²) in [6.07, 6.45) is 5.09. The molecule has 114 valence electrons. The minimum atomic E-state index is -3.52. The van der Waals surface area contributed by atoms with Crippen molar-refractivity contribution in [1.82, 2.24) is 4.31 Å². The molecule has 1 aromatic rings. The van der Waals surface area contributed by atoms with Crippen LogP contribution in [-0.4, -0.2) is 37.0 Å². The molecule has 1 N–H and O–H groups in total. The Morgan fingerprint density at radius 1 is 1.40 bits per heavy atom. The van der Waals surface area contributed by atoms with Gasteiger partial charge in [0.05, 0.1) is 15.3 Å². The van der Waals surface area contributed by atoms with E-state index in [0.717, 1.165) is 34.3 Å². The van der Waals surface area contributed by atoms with E-state index < -0.39 is 10.0 Å². The first-order valence-electron chi connectivity index (χ1n) is 6.85. The van der Waals surface area contributed by atoms with E-state index in [2.05, 4.69) is 15.9 Å². The quantitative estimate of drug-likeness (QED) is 0.851. The summed E-state index contributed by atoms with van der Waals surface area (Å²) in [5.41, 5.74) is 0. The zero-order valence-electron chi connectivity index (χ0n) is 11.5. The smallest absolute Gasteiger partial charge is 0.244 e. The van der Waals surface area contributed by atoms with Crippen LogP contribution in [0.15, 0.2) is 14.7 Å². The highest BCUT2D eigenvalue weighted by Gasteiger charge is 2.33. The fraction of sp³-hybridized carbons (Fsp3) is 0.692. The number of hydrogen-bond acceptors (Lipinski definition) is 4. The van der Waals surface area contributed by atoms with Crippen molar-refractivity contribution >= 4 is 37.3 Å². The maximum absolute atomic E-state index is 12.9. The number of hydrogen-bond donors (Lipinski definition) is 1. The van der Waals surface area contributed by atoms with Crippen LogP contribution in [0.2, 0.25) is 0 Å². The zero-order chi connectivity index (χ0) is 14.8. The molecule has 2 rings (SSSR count). The van der Waals surface area contributed by atoms with E-state index in [1.165, 1.54) is 22.1 Å². The van der Waals surface area contributed by atoms with Crippen molar-refractivity contribution in [3.63, 3.8) is 0 Å². The third-order valence-corrected chi connectivity index (χ3v) is 7.49. The van der Waals surface area contributed by atoms with Gasteiger partial charge in [-0.1, -0.05) is 19.3 Å². The molecule has 0 spiro atoms. The molecule has 0 unspecified atom stereocenters. The molecule has 0 amide bonds. The molecule has 0 aliphatic heterocycles. The van der Waals surface area contributed by atoms with Gasteiger partial charge in [0.15, 0.2) is 0 Å². The van der Waals surface area contributed by atoms with E-state index in [9.17, 15) is 13.5 Å². The minimum absolute atomic E-state index is 0.0268. The van der Waals surface area contributed by atoms with Crippen LogP contribution in [0.1, 0.15) is 37.0 Å². The summed E-state index contributed by atoms with van der Waals surface area (Å²) in [6.45, 7) is 1.86. The average molecular weight is 382 g/mol. The monoisotopic (exact) mass is 381 g/mol. The van der Waals surface area contributed by atoms with E-state index in [1.807, 2.05) is 6.92 Å². The van der Waals surface area contributed by atoms with Gasteiger partial charge in [0.2, 0.25) is 10.0 Å². The zero-order valence-corrected chi connectivity index (χ0v) is 14.7. The third kappa shape index (κ3) is 3.44. The van der Waals surface area contributed by atoms with Crippen molar-refractivity contribution in [2.24, 2.45) is 0 Å². The first-order valence-corrected chi connectivity index (χ1v) is 9.90. The third-order valence-electron chi connectivity index (χ3n) is 3.73. The molecule has 1 aliphatic carbocycles. The number of aliphatic hydroxyl groups excluding tert-OH is 1. The van der Waals surface area contributed by atoms with Gasteiger partial charge in [-0.05, 0) is 41.8 Å². The Bertz CT molecular complexity index is 550. The Balaban J connectivity index is 2.33. The van der Waals surface area contributed by atoms with Crippen LogP contribution in [0.25, 0.3) is 0 Å². The van der Waals surface area contributed by atoms with Gasteiger partial charge in [0.25, 0.3) is 0 Å². The Labute approximate surface area is 133 Å². The van der Waals surface area contributed by atoms with E-state index in [1.54, 1.807) is 6.07 Å². The van der Waals surface area contributed by atoms with Crippen LogP contribution in [0, 0.1) is 6.92 Å². The van der Waals surface area contributed by atoms with E-state index in [4.69, 9.17) is 0 Å². The molecule has 20 heavy (non-hydrogen) atoms. The molecule has 0 atom stereocenters. The molecule has 0 saturated heterocycles. The first kappa shape index (κ1) is 16.4. The predicted molar refractivity (Wildman–Crippen MR) is 84.6 cm³/mol. The van der Waals surface area contributed by atoms with Gasteiger partial charge in [0, 0.05) is 17.5 Å². The number of halogens is 1. The van der Waals surface area contributed by atoms with Gasteiger partial charge < -0.3 is 5.11 Å². The lowest BCUT2D eigenvalue weighted by Crippen LogP contribution is -2.43. The highest BCUT2D eigenvalue weighted by molar-refractivity contribution is 9.11. The molecule has 1 aliphatic rings. The summed E-state index contributed by atoms with van der Waals surface area (Å²) < 4.78 is 28.0. The standard InChI is InChI=1S/C13H20BrNO3S2/c1-10-12(9-13(14)19-10)20(17,18)15(7-8-16)11-5-3-2-4-6-11/h9,11,16H,2-8H2,1H3. The van der Waals surface area contributed by atoms with Crippen LogP contribution in [0.3, 0.4) is 0 Å². The fourth-order valence-electron chi connectivity index (χ4n) is 2.78. The molecule has 1 fully saturated rings. The number of nitrogens with zero attached hydrogens (tertiary/aromatic N) is 1. The minimum Gasteiger partial charge on any atom is -0.395 e. The molecule has 1 heterocycles. The molecule has 7 heteroatoms. The van der Waals surface area contributed by atoms with Crippen molar-refractivity contribution < 1.29 is 13.5 Å². The maximum atomic E-state index is 12.9. The fourth-order valence-corrected chi connectivity index (χ4v) is 6.84. The molecule has 0 aromatic carbocycles. The molecular formula is C13H20BrNO3S2. The summed E-state index contributed by atoms with van der Waals surface area (Å²) in [7, 11) is -3.52. The number of aryl methyl sites for hydroxylation is 1. The molecule has 0 radical (unpaired) electrons. The SMILES string of the molecule is Cc1sc(Br)cc1S(=O)(=O)N(CCO)C1CCCCC1. The molecule has 1 aromatic heterocycles. The Hall–Kier alpha value is 0.0500. The second-order valence-corrected chi connectivity index (χ2v) is 9.60. The number of aliphatic hydroxyl groups is 1. The molecule has 1 saturated carbocycles. The molecule has 0 bridgehead atoms. The average Bonchev–Trinajstić information content (AvgIpc) is 2.76. The van der Waals surface area contributed by atoms with Crippen molar-refractivity contribution in [2.45, 2.75) is 50.0 Å². The second-order valence-electron chi connectivity index (χ2n) is 5.10. The second kappa shape index (κ2) is 6.87. The topological polar surface area (TPSA) is 57.6 Å². The Morgan fingerprint density at radius 2 is 2.05 bits per heavy atom. The van der Waals surface area contributed by atoms with E-state index in [0.29, 0.717) is 4.90 Å². The van der Waals surface area contributed by atoms with Crippen LogP contribution in [0.4, 0.5) is 0 Å². The lowest BCUT2D eigenvalue weighted by atomic mass is 9.95. The number of sulfonamides is 1. The normalized spacial score (nSPS) is 17.8. The van der Waals surface area contributed by atoms with Gasteiger partial charge in [-0.15, -0.1) is 11.3 Å². The van der Waals surface area contributed by atoms with E-state index >= 15 is 0 Å².